The number of nitrogens with zero attached hydrogens (tertiary/aromatic N) is 2. The van der Waals surface area contributed by atoms with E-state index in [1.807, 2.05) is 0 Å². The highest BCUT2D eigenvalue weighted by atomic mass is 35.5. The summed E-state index contributed by atoms with van der Waals surface area (Å²) >= 11 is 11.7. The summed E-state index contributed by atoms with van der Waals surface area (Å²) in [6.45, 7) is 1.78. The Morgan fingerprint density at radius 1 is 1.14 bits per heavy atom. The predicted octanol–water partition coefficient (Wildman–Crippen LogP) is 5.00. The van der Waals surface area contributed by atoms with Crippen LogP contribution in [0, 0.1) is 18.6 Å². The minimum Gasteiger partial charge on any atom is -0.295 e. The zero-order chi connectivity index (χ0) is 15.1. The first-order valence-electron chi connectivity index (χ1n) is 6.19. The van der Waals surface area contributed by atoms with E-state index in [9.17, 15) is 8.78 Å². The Bertz CT molecular complexity index is 823. The van der Waals surface area contributed by atoms with Crippen LogP contribution in [0.5, 0.6) is 0 Å². The lowest BCUT2D eigenvalue weighted by Crippen LogP contribution is -2.00. The van der Waals surface area contributed by atoms with Crippen molar-refractivity contribution in [2.24, 2.45) is 0 Å². The quantitative estimate of drug-likeness (QED) is 0.605. The van der Waals surface area contributed by atoms with Crippen molar-refractivity contribution >= 4 is 34.2 Å². The SMILES string of the molecule is Cc1cc(F)cc(-n2c(CCl)nc3cc(Cl)c(F)cc32)c1. The van der Waals surface area contributed by atoms with Crippen LogP contribution in [-0.4, -0.2) is 9.55 Å². The average Bonchev–Trinajstić information content (AvgIpc) is 2.75. The van der Waals surface area contributed by atoms with Crippen LogP contribution in [0.25, 0.3) is 16.7 Å². The summed E-state index contributed by atoms with van der Waals surface area (Å²) < 4.78 is 29.0. The Kier molecular flexibility index (Phi) is 3.59. The molecule has 6 heteroatoms. The lowest BCUT2D eigenvalue weighted by atomic mass is 10.2. The molecule has 3 rings (SSSR count). The zero-order valence-corrected chi connectivity index (χ0v) is 12.5. The van der Waals surface area contributed by atoms with E-state index in [-0.39, 0.29) is 16.7 Å². The predicted molar refractivity (Wildman–Crippen MR) is 80.3 cm³/mol. The van der Waals surface area contributed by atoms with Gasteiger partial charge in [-0.3, -0.25) is 4.57 Å². The third-order valence-electron chi connectivity index (χ3n) is 3.17. The zero-order valence-electron chi connectivity index (χ0n) is 11.0. The number of hydrogen-bond acceptors (Lipinski definition) is 1. The molecular formula is C15H10Cl2F2N2. The van der Waals surface area contributed by atoms with Crippen LogP contribution in [-0.2, 0) is 5.88 Å². The summed E-state index contributed by atoms with van der Waals surface area (Å²) in [5.74, 6) is -0.316. The number of rotatable bonds is 2. The number of imidazole rings is 1. The first kappa shape index (κ1) is 14.3. The van der Waals surface area contributed by atoms with Gasteiger partial charge in [-0.15, -0.1) is 11.6 Å². The number of alkyl halides is 1. The molecule has 21 heavy (non-hydrogen) atoms. The maximum absolute atomic E-state index is 13.7. The van der Waals surface area contributed by atoms with Crippen molar-refractivity contribution in [3.8, 4) is 5.69 Å². The lowest BCUT2D eigenvalue weighted by molar-refractivity contribution is 0.625. The highest BCUT2D eigenvalue weighted by Crippen LogP contribution is 2.28. The summed E-state index contributed by atoms with van der Waals surface area (Å²) in [6.07, 6.45) is 0. The molecule has 0 amide bonds. The lowest BCUT2D eigenvalue weighted by Gasteiger charge is -2.09. The van der Waals surface area contributed by atoms with E-state index in [1.165, 1.54) is 24.3 Å². The second-order valence-electron chi connectivity index (χ2n) is 4.74. The van der Waals surface area contributed by atoms with Gasteiger partial charge in [-0.1, -0.05) is 11.6 Å². The first-order chi connectivity index (χ1) is 9.99. The molecule has 2 aromatic carbocycles. The van der Waals surface area contributed by atoms with Crippen LogP contribution >= 0.6 is 23.2 Å². The second kappa shape index (κ2) is 5.28. The Hall–Kier alpha value is -1.65. The molecular weight excluding hydrogens is 317 g/mol. The Morgan fingerprint density at radius 3 is 2.57 bits per heavy atom. The number of fused-ring (bicyclic) bond motifs is 1. The molecule has 1 heterocycles. The third-order valence-corrected chi connectivity index (χ3v) is 3.70. The number of hydrogen-bond donors (Lipinski definition) is 0. The highest BCUT2D eigenvalue weighted by molar-refractivity contribution is 6.31. The third kappa shape index (κ3) is 2.49. The van der Waals surface area contributed by atoms with Gasteiger partial charge >= 0.3 is 0 Å². The molecule has 0 saturated heterocycles. The maximum atomic E-state index is 13.7. The van der Waals surface area contributed by atoms with E-state index in [2.05, 4.69) is 4.98 Å². The topological polar surface area (TPSA) is 17.8 Å². The van der Waals surface area contributed by atoms with Gasteiger partial charge in [0.1, 0.15) is 17.5 Å². The van der Waals surface area contributed by atoms with Gasteiger partial charge in [-0.05, 0) is 36.8 Å². The molecule has 0 N–H and O–H groups in total. The molecule has 0 radical (unpaired) electrons. The molecule has 3 aromatic rings. The fourth-order valence-corrected chi connectivity index (χ4v) is 2.68. The maximum Gasteiger partial charge on any atom is 0.144 e. The number of aromatic nitrogens is 2. The van der Waals surface area contributed by atoms with E-state index < -0.39 is 5.82 Å². The van der Waals surface area contributed by atoms with Gasteiger partial charge in [-0.25, -0.2) is 13.8 Å². The first-order valence-corrected chi connectivity index (χ1v) is 7.11. The minimum atomic E-state index is -0.556. The van der Waals surface area contributed by atoms with Crippen molar-refractivity contribution in [3.05, 3.63) is 58.4 Å². The molecule has 2 nitrogen and oxygen atoms in total. The fourth-order valence-electron chi connectivity index (χ4n) is 2.35. The van der Waals surface area contributed by atoms with Crippen molar-refractivity contribution in [2.45, 2.75) is 12.8 Å². The molecule has 108 valence electrons. The van der Waals surface area contributed by atoms with Gasteiger partial charge in [-0.2, -0.15) is 0 Å². The summed E-state index contributed by atoms with van der Waals surface area (Å²) in [7, 11) is 0. The standard InChI is InChI=1S/C15H10Cl2F2N2/c1-8-2-9(18)4-10(3-8)21-14-6-12(19)11(17)5-13(14)20-15(21)7-16/h2-6H,7H2,1H3. The van der Waals surface area contributed by atoms with Crippen molar-refractivity contribution in [1.82, 2.24) is 9.55 Å². The Morgan fingerprint density at radius 2 is 1.90 bits per heavy atom. The van der Waals surface area contributed by atoms with Gasteiger partial charge < -0.3 is 0 Å². The van der Waals surface area contributed by atoms with Crippen LogP contribution in [0.1, 0.15) is 11.4 Å². The number of benzene rings is 2. The monoisotopic (exact) mass is 326 g/mol. The van der Waals surface area contributed by atoms with E-state index in [0.717, 1.165) is 5.56 Å². The van der Waals surface area contributed by atoms with E-state index in [4.69, 9.17) is 23.2 Å². The summed E-state index contributed by atoms with van der Waals surface area (Å²) in [4.78, 5) is 4.33. The fraction of sp³-hybridized carbons (Fsp3) is 0.133. The Labute approximate surface area is 129 Å². The summed E-state index contributed by atoms with van der Waals surface area (Å²) in [5, 5.41) is -0.0105. The van der Waals surface area contributed by atoms with Gasteiger partial charge in [0.15, 0.2) is 0 Å². The Balaban J connectivity index is 2.36. The van der Waals surface area contributed by atoms with E-state index in [1.54, 1.807) is 17.6 Å². The summed E-state index contributed by atoms with van der Waals surface area (Å²) in [5.41, 5.74) is 2.31. The summed E-state index contributed by atoms with van der Waals surface area (Å²) in [6, 6.07) is 7.27. The average molecular weight is 327 g/mol. The van der Waals surface area contributed by atoms with Gasteiger partial charge in [0, 0.05) is 6.07 Å². The molecule has 0 aliphatic rings. The second-order valence-corrected chi connectivity index (χ2v) is 5.41. The molecule has 1 aromatic heterocycles. The van der Waals surface area contributed by atoms with E-state index in [0.29, 0.717) is 22.5 Å². The normalized spacial score (nSPS) is 11.3. The van der Waals surface area contributed by atoms with Gasteiger partial charge in [0.2, 0.25) is 0 Å². The van der Waals surface area contributed by atoms with Crippen molar-refractivity contribution < 1.29 is 8.78 Å². The smallest absolute Gasteiger partial charge is 0.144 e. The van der Waals surface area contributed by atoms with Crippen molar-refractivity contribution in [1.29, 1.82) is 0 Å². The van der Waals surface area contributed by atoms with Crippen LogP contribution < -0.4 is 0 Å². The van der Waals surface area contributed by atoms with Crippen molar-refractivity contribution in [2.75, 3.05) is 0 Å². The van der Waals surface area contributed by atoms with Crippen LogP contribution in [0.15, 0.2) is 30.3 Å². The number of halogens is 4. The molecule has 0 saturated carbocycles. The molecule has 0 aliphatic heterocycles. The number of aryl methyl sites for hydroxylation is 1. The van der Waals surface area contributed by atoms with Crippen molar-refractivity contribution in [3.63, 3.8) is 0 Å². The molecule has 0 unspecified atom stereocenters. The van der Waals surface area contributed by atoms with Crippen LogP contribution in [0.3, 0.4) is 0 Å². The van der Waals surface area contributed by atoms with Gasteiger partial charge in [0.25, 0.3) is 0 Å². The van der Waals surface area contributed by atoms with Crippen LogP contribution in [0.2, 0.25) is 5.02 Å². The molecule has 0 spiro atoms. The minimum absolute atomic E-state index is 0.0105. The van der Waals surface area contributed by atoms with E-state index >= 15 is 0 Å². The highest BCUT2D eigenvalue weighted by Gasteiger charge is 2.15. The molecule has 0 bridgehead atoms. The molecule has 0 aliphatic carbocycles. The van der Waals surface area contributed by atoms with Crippen LogP contribution in [0.4, 0.5) is 8.78 Å². The largest absolute Gasteiger partial charge is 0.295 e. The van der Waals surface area contributed by atoms with Gasteiger partial charge in [0.05, 0.1) is 27.6 Å². The molecule has 0 atom stereocenters. The molecule has 0 fully saturated rings.